The number of carboxylic acids is 1. The Morgan fingerprint density at radius 1 is 1.16 bits per heavy atom. The zero-order valence-electron chi connectivity index (χ0n) is 20.7. The van der Waals surface area contributed by atoms with Crippen LogP contribution in [-0.2, 0) is 10.2 Å². The molecule has 9 nitrogen and oxygen atoms in total. The summed E-state index contributed by atoms with van der Waals surface area (Å²) >= 11 is 5.68. The van der Waals surface area contributed by atoms with E-state index in [0.29, 0.717) is 47.8 Å². The number of rotatable bonds is 10. The van der Waals surface area contributed by atoms with E-state index in [1.165, 1.54) is 4.68 Å². The van der Waals surface area contributed by atoms with Gasteiger partial charge in [0.15, 0.2) is 5.69 Å². The standard InChI is InChI=1S/C27H29ClN4O5/c1-3-27(17-7-9-18(10-8-17)30-21(33)6-4-5-15-28)16-29-25(34)24-22(27)23(26(35)36)31-32(24)19-11-13-20(37-2)14-12-19/h7-14H,3-6,15-16H2,1-2H3,(H,29,34)(H,30,33)(H,35,36). The molecule has 2 heterocycles. The molecule has 0 saturated carbocycles. The van der Waals surface area contributed by atoms with Gasteiger partial charge in [-0.1, -0.05) is 19.1 Å². The number of ether oxygens (including phenoxy) is 1. The number of unbranched alkanes of at least 4 members (excludes halogenated alkanes) is 1. The van der Waals surface area contributed by atoms with Crippen molar-refractivity contribution in [3.63, 3.8) is 0 Å². The van der Waals surface area contributed by atoms with Gasteiger partial charge in [-0.25, -0.2) is 9.48 Å². The topological polar surface area (TPSA) is 123 Å². The van der Waals surface area contributed by atoms with Gasteiger partial charge in [0.1, 0.15) is 11.4 Å². The van der Waals surface area contributed by atoms with E-state index in [1.54, 1.807) is 43.5 Å². The fourth-order valence-corrected chi connectivity index (χ4v) is 4.96. The average Bonchev–Trinajstić information content (AvgIpc) is 3.33. The lowest BCUT2D eigenvalue weighted by Crippen LogP contribution is -2.48. The van der Waals surface area contributed by atoms with Crippen LogP contribution in [0.2, 0.25) is 0 Å². The number of carbonyl (C=O) groups excluding carboxylic acids is 2. The molecule has 3 N–H and O–H groups in total. The Balaban J connectivity index is 1.76. The predicted molar refractivity (Wildman–Crippen MR) is 140 cm³/mol. The summed E-state index contributed by atoms with van der Waals surface area (Å²) in [7, 11) is 1.55. The molecule has 10 heteroatoms. The summed E-state index contributed by atoms with van der Waals surface area (Å²) in [6.07, 6.45) is 2.39. The number of halogens is 1. The van der Waals surface area contributed by atoms with Crippen molar-refractivity contribution in [1.82, 2.24) is 15.1 Å². The zero-order valence-corrected chi connectivity index (χ0v) is 21.5. The Bertz CT molecular complexity index is 1300. The molecule has 0 saturated heterocycles. The molecule has 2 aromatic carbocycles. The number of aromatic carboxylic acids is 1. The van der Waals surface area contributed by atoms with Crippen LogP contribution >= 0.6 is 11.6 Å². The summed E-state index contributed by atoms with van der Waals surface area (Å²) in [5.41, 5.74) is 1.56. The molecule has 37 heavy (non-hydrogen) atoms. The van der Waals surface area contributed by atoms with Crippen LogP contribution in [-0.4, -0.2) is 52.2 Å². The van der Waals surface area contributed by atoms with Crippen LogP contribution in [0.25, 0.3) is 5.69 Å². The third-order valence-electron chi connectivity index (χ3n) is 6.76. The number of methoxy groups -OCH3 is 1. The molecule has 194 valence electrons. The summed E-state index contributed by atoms with van der Waals surface area (Å²) in [6, 6.07) is 14.2. The van der Waals surface area contributed by atoms with E-state index < -0.39 is 17.3 Å². The van der Waals surface area contributed by atoms with Gasteiger partial charge in [-0.3, -0.25) is 9.59 Å². The average molecular weight is 525 g/mol. The molecule has 1 atom stereocenters. The lowest BCUT2D eigenvalue weighted by atomic mass is 9.69. The Hall–Kier alpha value is -3.85. The van der Waals surface area contributed by atoms with Crippen LogP contribution in [0.5, 0.6) is 5.75 Å². The number of hydrogen-bond donors (Lipinski definition) is 3. The van der Waals surface area contributed by atoms with E-state index in [2.05, 4.69) is 15.7 Å². The van der Waals surface area contributed by atoms with Gasteiger partial charge in [-0.05, 0) is 61.2 Å². The number of anilines is 1. The number of amides is 2. The van der Waals surface area contributed by atoms with E-state index in [0.717, 1.165) is 12.0 Å². The molecule has 0 bridgehead atoms. The number of carboxylic acid groups (broad SMARTS) is 1. The van der Waals surface area contributed by atoms with E-state index in [-0.39, 0.29) is 23.8 Å². The molecule has 1 aliphatic rings. The van der Waals surface area contributed by atoms with Gasteiger partial charge < -0.3 is 20.5 Å². The first-order valence-electron chi connectivity index (χ1n) is 12.1. The van der Waals surface area contributed by atoms with Gasteiger partial charge >= 0.3 is 5.97 Å². The maximum absolute atomic E-state index is 13.1. The second-order valence-electron chi connectivity index (χ2n) is 8.88. The van der Waals surface area contributed by atoms with Crippen molar-refractivity contribution < 1.29 is 24.2 Å². The molecular weight excluding hydrogens is 496 g/mol. The minimum atomic E-state index is -1.21. The van der Waals surface area contributed by atoms with Gasteiger partial charge in [0.2, 0.25) is 5.91 Å². The van der Waals surface area contributed by atoms with E-state index in [4.69, 9.17) is 16.3 Å². The second kappa shape index (κ2) is 11.0. The number of carbonyl (C=O) groups is 3. The van der Waals surface area contributed by atoms with E-state index >= 15 is 0 Å². The molecular formula is C27H29ClN4O5. The molecule has 3 aromatic rings. The van der Waals surface area contributed by atoms with Crippen LogP contribution in [0, 0.1) is 0 Å². The summed E-state index contributed by atoms with van der Waals surface area (Å²) in [6.45, 7) is 2.16. The first-order valence-corrected chi connectivity index (χ1v) is 12.6. The second-order valence-corrected chi connectivity index (χ2v) is 9.26. The maximum Gasteiger partial charge on any atom is 0.356 e. The normalized spacial score (nSPS) is 16.6. The highest BCUT2D eigenvalue weighted by molar-refractivity contribution is 6.17. The number of benzene rings is 2. The lowest BCUT2D eigenvalue weighted by molar-refractivity contribution is -0.116. The molecule has 0 radical (unpaired) electrons. The van der Waals surface area contributed by atoms with Gasteiger partial charge in [0.25, 0.3) is 5.91 Å². The summed E-state index contributed by atoms with van der Waals surface area (Å²) in [4.78, 5) is 37.7. The highest BCUT2D eigenvalue weighted by Gasteiger charge is 2.46. The third kappa shape index (κ3) is 5.04. The first kappa shape index (κ1) is 26.2. The largest absolute Gasteiger partial charge is 0.497 e. The smallest absolute Gasteiger partial charge is 0.356 e. The Labute approximate surface area is 219 Å². The third-order valence-corrected chi connectivity index (χ3v) is 7.03. The monoisotopic (exact) mass is 524 g/mol. The Morgan fingerprint density at radius 2 is 1.86 bits per heavy atom. The van der Waals surface area contributed by atoms with Gasteiger partial charge in [-0.2, -0.15) is 5.10 Å². The number of fused-ring (bicyclic) bond motifs is 1. The summed E-state index contributed by atoms with van der Waals surface area (Å²) < 4.78 is 6.60. The van der Waals surface area contributed by atoms with Crippen molar-refractivity contribution in [1.29, 1.82) is 0 Å². The molecule has 1 unspecified atom stereocenters. The van der Waals surface area contributed by atoms with Crippen molar-refractivity contribution in [2.24, 2.45) is 0 Å². The van der Waals surface area contributed by atoms with E-state index in [9.17, 15) is 19.5 Å². The fourth-order valence-electron chi connectivity index (χ4n) is 4.77. The number of nitrogens with one attached hydrogen (secondary N) is 2. The zero-order chi connectivity index (χ0) is 26.6. The van der Waals surface area contributed by atoms with Crippen LogP contribution in [0.15, 0.2) is 48.5 Å². The maximum atomic E-state index is 13.1. The van der Waals surface area contributed by atoms with Crippen molar-refractivity contribution in [3.8, 4) is 11.4 Å². The minimum absolute atomic E-state index is 0.0933. The quantitative estimate of drug-likeness (QED) is 0.267. The number of hydrogen-bond acceptors (Lipinski definition) is 5. The van der Waals surface area contributed by atoms with Crippen LogP contribution in [0.4, 0.5) is 5.69 Å². The van der Waals surface area contributed by atoms with E-state index in [1.807, 2.05) is 19.1 Å². The van der Waals surface area contributed by atoms with Gasteiger partial charge in [0.05, 0.1) is 12.8 Å². The van der Waals surface area contributed by atoms with Crippen molar-refractivity contribution in [2.45, 2.75) is 38.0 Å². The number of nitrogens with zero attached hydrogens (tertiary/aromatic N) is 2. The predicted octanol–water partition coefficient (Wildman–Crippen LogP) is 4.37. The summed E-state index contributed by atoms with van der Waals surface area (Å²) in [5, 5.41) is 20.3. The van der Waals surface area contributed by atoms with Crippen LogP contribution in [0.3, 0.4) is 0 Å². The SMILES string of the molecule is CCC1(c2ccc(NC(=O)CCCCCl)cc2)CNC(=O)c2c1c(C(=O)O)nn2-c1ccc(OC)cc1. The van der Waals surface area contributed by atoms with Crippen molar-refractivity contribution >= 4 is 35.1 Å². The molecule has 2 amide bonds. The van der Waals surface area contributed by atoms with Gasteiger partial charge in [0, 0.05) is 35.5 Å². The highest BCUT2D eigenvalue weighted by Crippen LogP contribution is 2.42. The fraction of sp³-hybridized carbons (Fsp3) is 0.333. The Morgan fingerprint density at radius 3 is 2.46 bits per heavy atom. The number of aromatic nitrogens is 2. The Kier molecular flexibility index (Phi) is 7.83. The first-order chi connectivity index (χ1) is 17.8. The molecule has 0 spiro atoms. The van der Waals surface area contributed by atoms with Gasteiger partial charge in [-0.15, -0.1) is 11.6 Å². The molecule has 1 aliphatic heterocycles. The molecule has 4 rings (SSSR count). The van der Waals surface area contributed by atoms with Crippen LogP contribution < -0.4 is 15.4 Å². The molecule has 1 aromatic heterocycles. The number of alkyl halides is 1. The van der Waals surface area contributed by atoms with Crippen LogP contribution in [0.1, 0.15) is 64.7 Å². The highest BCUT2D eigenvalue weighted by atomic mass is 35.5. The molecule has 0 aliphatic carbocycles. The lowest BCUT2D eigenvalue weighted by Gasteiger charge is -2.37. The van der Waals surface area contributed by atoms with Crippen molar-refractivity contribution in [3.05, 3.63) is 71.0 Å². The molecule has 0 fully saturated rings. The summed E-state index contributed by atoms with van der Waals surface area (Å²) in [5.74, 6) is -0.550. The minimum Gasteiger partial charge on any atom is -0.497 e. The van der Waals surface area contributed by atoms with Crippen molar-refractivity contribution in [2.75, 3.05) is 24.9 Å².